The summed E-state index contributed by atoms with van der Waals surface area (Å²) in [5.74, 6) is 0. The Labute approximate surface area is 127 Å². The molecule has 0 saturated carbocycles. The van der Waals surface area contributed by atoms with Gasteiger partial charge in [-0.25, -0.2) is 0 Å². The summed E-state index contributed by atoms with van der Waals surface area (Å²) in [6.45, 7) is 8.88. The molecule has 1 rings (SSSR count). The predicted octanol–water partition coefficient (Wildman–Crippen LogP) is 2.46. The molecule has 0 saturated heterocycles. The van der Waals surface area contributed by atoms with Crippen LogP contribution in [0.4, 0.5) is 0 Å². The second-order valence-corrected chi connectivity index (χ2v) is 2.52. The SMILES string of the molecule is CC[N-]C.CC[N-]C.CC[N-]C.[Ti+4].c1c[n-]nn1. The van der Waals surface area contributed by atoms with E-state index in [1.807, 2.05) is 20.8 Å². The van der Waals surface area contributed by atoms with Gasteiger partial charge >= 0.3 is 21.7 Å². The summed E-state index contributed by atoms with van der Waals surface area (Å²) in [5.41, 5.74) is 0. The molecule has 0 aromatic carbocycles. The summed E-state index contributed by atoms with van der Waals surface area (Å²) < 4.78 is 0. The molecule has 0 unspecified atom stereocenters. The average molecular weight is 290 g/mol. The van der Waals surface area contributed by atoms with E-state index in [9.17, 15) is 0 Å². The first kappa shape index (κ1) is 26.3. The molecule has 0 N–H and O–H groups in total. The molecule has 1 aromatic heterocycles. The van der Waals surface area contributed by atoms with Crippen LogP contribution in [0.1, 0.15) is 20.8 Å². The molecule has 104 valence electrons. The van der Waals surface area contributed by atoms with Gasteiger partial charge in [-0.3, -0.25) is 5.21 Å². The van der Waals surface area contributed by atoms with Gasteiger partial charge in [0.15, 0.2) is 0 Å². The third kappa shape index (κ3) is 57.1. The molecule has 0 spiro atoms. The summed E-state index contributed by atoms with van der Waals surface area (Å²) in [6, 6.07) is 0. The number of rotatable bonds is 3. The van der Waals surface area contributed by atoms with Crippen LogP contribution in [0.25, 0.3) is 16.0 Å². The maximum Gasteiger partial charge on any atom is 4.00 e. The minimum atomic E-state index is 0. The smallest absolute Gasteiger partial charge is 0.665 e. The second-order valence-electron chi connectivity index (χ2n) is 2.52. The summed E-state index contributed by atoms with van der Waals surface area (Å²) in [4.78, 5) is 0. The fourth-order valence-electron chi connectivity index (χ4n) is 0.149. The zero-order valence-electron chi connectivity index (χ0n) is 12.5. The molecular weight excluding hydrogens is 264 g/mol. The van der Waals surface area contributed by atoms with Crippen LogP contribution in [0.5, 0.6) is 0 Å². The van der Waals surface area contributed by atoms with Gasteiger partial charge in [-0.2, -0.15) is 40.8 Å². The molecule has 6 nitrogen and oxygen atoms in total. The van der Waals surface area contributed by atoms with Gasteiger partial charge in [0, 0.05) is 0 Å². The van der Waals surface area contributed by atoms with Crippen molar-refractivity contribution in [3.63, 3.8) is 0 Å². The molecule has 0 atom stereocenters. The van der Waals surface area contributed by atoms with Crippen molar-refractivity contribution in [3.05, 3.63) is 28.3 Å². The Morgan fingerprint density at radius 2 is 1.22 bits per heavy atom. The molecule has 0 bridgehead atoms. The van der Waals surface area contributed by atoms with Crippen molar-refractivity contribution in [1.82, 2.24) is 15.4 Å². The standard InChI is InChI=1S/3C3H8N.C2H2N3.Ti/c3*1-3-4-2;1-2-4-5-3-1;/h3*3H2,1-2H3;1-2H;/q4*-1;+4. The van der Waals surface area contributed by atoms with Crippen molar-refractivity contribution >= 4 is 0 Å². The van der Waals surface area contributed by atoms with E-state index in [1.165, 1.54) is 12.4 Å². The zero-order valence-corrected chi connectivity index (χ0v) is 14.0. The molecular formula is C11H26N6Ti. The number of aromatic nitrogens is 3. The summed E-state index contributed by atoms with van der Waals surface area (Å²) >= 11 is 0. The molecule has 0 amide bonds. The maximum absolute atomic E-state index is 3.74. The molecule has 1 heterocycles. The van der Waals surface area contributed by atoms with E-state index in [0.29, 0.717) is 0 Å². The first-order valence-corrected chi connectivity index (χ1v) is 5.66. The van der Waals surface area contributed by atoms with Gasteiger partial charge < -0.3 is 26.1 Å². The van der Waals surface area contributed by atoms with E-state index in [4.69, 9.17) is 0 Å². The fraction of sp³-hybridized carbons (Fsp3) is 0.818. The van der Waals surface area contributed by atoms with E-state index < -0.39 is 0 Å². The van der Waals surface area contributed by atoms with E-state index in [2.05, 4.69) is 31.4 Å². The molecule has 0 aliphatic carbocycles. The molecule has 18 heavy (non-hydrogen) atoms. The fourth-order valence-corrected chi connectivity index (χ4v) is 0.149. The van der Waals surface area contributed by atoms with Gasteiger partial charge in [0.1, 0.15) is 0 Å². The molecule has 0 aliphatic rings. The monoisotopic (exact) mass is 290 g/mol. The third-order valence-electron chi connectivity index (χ3n) is 1.25. The first-order valence-electron chi connectivity index (χ1n) is 5.66. The van der Waals surface area contributed by atoms with Crippen LogP contribution in [-0.2, 0) is 21.7 Å². The molecule has 0 radical (unpaired) electrons. The zero-order chi connectivity index (χ0) is 13.8. The van der Waals surface area contributed by atoms with Crippen LogP contribution in [0.3, 0.4) is 0 Å². The number of hydrogen-bond donors (Lipinski definition) is 0. The van der Waals surface area contributed by atoms with Gasteiger partial charge in [0.2, 0.25) is 0 Å². The van der Waals surface area contributed by atoms with Crippen LogP contribution in [0.15, 0.2) is 12.4 Å². The Balaban J connectivity index is -0.0000000719. The Kier molecular flexibility index (Phi) is 52.6. The third-order valence-corrected chi connectivity index (χ3v) is 1.25. The Bertz CT molecular complexity index is 128. The van der Waals surface area contributed by atoms with E-state index in [-0.39, 0.29) is 21.7 Å². The summed E-state index contributed by atoms with van der Waals surface area (Å²) in [5, 5.41) is 21.2. The topological polar surface area (TPSA) is 82.2 Å². The van der Waals surface area contributed by atoms with Crippen molar-refractivity contribution in [2.45, 2.75) is 20.8 Å². The van der Waals surface area contributed by atoms with E-state index in [1.54, 1.807) is 21.1 Å². The van der Waals surface area contributed by atoms with Gasteiger partial charge in [0.25, 0.3) is 0 Å². The molecule has 7 heteroatoms. The average Bonchev–Trinajstić information content (AvgIpc) is 2.98. The second kappa shape index (κ2) is 36.0. The minimum absolute atomic E-state index is 0. The minimum Gasteiger partial charge on any atom is -0.665 e. The molecule has 0 fully saturated rings. The van der Waals surface area contributed by atoms with Crippen LogP contribution in [-0.4, -0.2) is 51.1 Å². The van der Waals surface area contributed by atoms with Crippen LogP contribution in [0, 0.1) is 0 Å². The van der Waals surface area contributed by atoms with Gasteiger partial charge in [-0.05, 0) is 0 Å². The quantitative estimate of drug-likeness (QED) is 0.802. The maximum atomic E-state index is 3.74. The first-order chi connectivity index (χ1) is 8.24. The predicted molar refractivity (Wildman–Crippen MR) is 74.8 cm³/mol. The Morgan fingerprint density at radius 1 is 0.889 bits per heavy atom. The summed E-state index contributed by atoms with van der Waals surface area (Å²) in [6.07, 6.45) is 3.06. The normalized spacial score (nSPS) is 7.22. The Hall–Kier alpha value is -0.266. The van der Waals surface area contributed by atoms with Crippen molar-refractivity contribution in [1.29, 1.82) is 0 Å². The van der Waals surface area contributed by atoms with E-state index >= 15 is 0 Å². The summed E-state index contributed by atoms with van der Waals surface area (Å²) in [7, 11) is 5.42. The van der Waals surface area contributed by atoms with Gasteiger partial charge in [-0.1, -0.05) is 33.2 Å². The molecule has 1 aromatic rings. The van der Waals surface area contributed by atoms with Crippen molar-refractivity contribution in [3.8, 4) is 0 Å². The number of hydrogen-bond acceptors (Lipinski definition) is 2. The van der Waals surface area contributed by atoms with Crippen LogP contribution >= 0.6 is 0 Å². The van der Waals surface area contributed by atoms with Gasteiger partial charge in [0.05, 0.1) is 0 Å². The van der Waals surface area contributed by atoms with Crippen molar-refractivity contribution < 1.29 is 21.7 Å². The number of nitrogens with zero attached hydrogens (tertiary/aromatic N) is 6. The van der Waals surface area contributed by atoms with Crippen LogP contribution in [0.2, 0.25) is 0 Å². The largest absolute Gasteiger partial charge is 4.00 e. The van der Waals surface area contributed by atoms with E-state index in [0.717, 1.165) is 19.6 Å². The van der Waals surface area contributed by atoms with Crippen LogP contribution < -0.4 is 5.10 Å². The van der Waals surface area contributed by atoms with Gasteiger partial charge in [-0.15, -0.1) is 0 Å². The van der Waals surface area contributed by atoms with Crippen molar-refractivity contribution in [2.24, 2.45) is 0 Å². The molecule has 0 aliphatic heterocycles. The Morgan fingerprint density at radius 3 is 1.28 bits per heavy atom. The van der Waals surface area contributed by atoms with Crippen molar-refractivity contribution in [2.75, 3.05) is 40.8 Å².